The fourth-order valence-electron chi connectivity index (χ4n) is 1.20. The van der Waals surface area contributed by atoms with Crippen molar-refractivity contribution in [3.63, 3.8) is 0 Å². The second kappa shape index (κ2) is 6.83. The number of nitrogens with zero attached hydrogens (tertiary/aromatic N) is 3. The maximum Gasteiger partial charge on any atom is 0.139 e. The molecule has 0 atom stereocenters. The van der Waals surface area contributed by atoms with E-state index in [1.54, 1.807) is 6.20 Å². The van der Waals surface area contributed by atoms with E-state index in [1.165, 1.54) is 0 Å². The molecule has 0 aliphatic heterocycles. The van der Waals surface area contributed by atoms with Gasteiger partial charge in [-0.3, -0.25) is 4.68 Å². The molecule has 15 heavy (non-hydrogen) atoms. The van der Waals surface area contributed by atoms with E-state index in [0.29, 0.717) is 6.42 Å². The van der Waals surface area contributed by atoms with Gasteiger partial charge in [-0.25, -0.2) is 0 Å². The Balaban J connectivity index is 1.94. The first kappa shape index (κ1) is 11.5. The molecule has 1 rings (SSSR count). The van der Waals surface area contributed by atoms with Crippen molar-refractivity contribution in [2.24, 2.45) is 10.9 Å². The molecule has 84 valence electrons. The van der Waals surface area contributed by atoms with Gasteiger partial charge in [0.25, 0.3) is 0 Å². The lowest BCUT2D eigenvalue weighted by molar-refractivity contribution is 0.316. The van der Waals surface area contributed by atoms with Crippen LogP contribution < -0.4 is 11.1 Å². The number of rotatable bonds is 7. The Labute approximate surface area is 88.8 Å². The molecule has 0 bridgehead atoms. The highest BCUT2D eigenvalue weighted by molar-refractivity contribution is 5.79. The van der Waals surface area contributed by atoms with Crippen LogP contribution in [-0.2, 0) is 6.54 Å². The molecule has 0 saturated carbocycles. The summed E-state index contributed by atoms with van der Waals surface area (Å²) in [4.78, 5) is 0. The van der Waals surface area contributed by atoms with Crippen LogP contribution in [0.2, 0.25) is 0 Å². The van der Waals surface area contributed by atoms with Gasteiger partial charge in [-0.1, -0.05) is 5.16 Å². The molecule has 0 radical (unpaired) electrons. The first-order valence-corrected chi connectivity index (χ1v) is 4.97. The van der Waals surface area contributed by atoms with E-state index in [1.807, 2.05) is 16.9 Å². The van der Waals surface area contributed by atoms with Gasteiger partial charge in [0, 0.05) is 25.4 Å². The largest absolute Gasteiger partial charge is 0.409 e. The minimum atomic E-state index is 0.281. The van der Waals surface area contributed by atoms with E-state index < -0.39 is 0 Å². The predicted octanol–water partition coefficient (Wildman–Crippen LogP) is -0.000700. The third-order valence-electron chi connectivity index (χ3n) is 1.99. The van der Waals surface area contributed by atoms with Crippen LogP contribution in [0.15, 0.2) is 23.6 Å². The fraction of sp³-hybridized carbons (Fsp3) is 0.556. The third kappa shape index (κ3) is 5.02. The highest BCUT2D eigenvalue weighted by Gasteiger charge is 1.93. The second-order valence-electron chi connectivity index (χ2n) is 3.21. The molecule has 0 amide bonds. The van der Waals surface area contributed by atoms with Crippen LogP contribution in [0.4, 0.5) is 0 Å². The van der Waals surface area contributed by atoms with E-state index in [9.17, 15) is 0 Å². The molecule has 0 spiro atoms. The van der Waals surface area contributed by atoms with Gasteiger partial charge in [-0.15, -0.1) is 0 Å². The standard InChI is InChI=1S/C9H17N5O/c10-9(13-15)3-1-4-11-6-8-14-7-2-5-12-14/h2,5,7,11,15H,1,3-4,6,8H2,(H2,10,13). The van der Waals surface area contributed by atoms with Crippen molar-refractivity contribution >= 4 is 5.84 Å². The average molecular weight is 211 g/mol. The van der Waals surface area contributed by atoms with Crippen LogP contribution >= 0.6 is 0 Å². The van der Waals surface area contributed by atoms with Gasteiger partial charge in [0.1, 0.15) is 5.84 Å². The maximum absolute atomic E-state index is 8.29. The van der Waals surface area contributed by atoms with Crippen molar-refractivity contribution < 1.29 is 5.21 Å². The summed E-state index contributed by atoms with van der Waals surface area (Å²) in [6.45, 7) is 2.59. The number of nitrogens with two attached hydrogens (primary N) is 1. The molecule has 1 aromatic rings. The lowest BCUT2D eigenvalue weighted by Gasteiger charge is -2.04. The van der Waals surface area contributed by atoms with E-state index in [-0.39, 0.29) is 5.84 Å². The Morgan fingerprint density at radius 3 is 3.07 bits per heavy atom. The molecule has 6 heteroatoms. The van der Waals surface area contributed by atoms with Gasteiger partial charge in [0.2, 0.25) is 0 Å². The van der Waals surface area contributed by atoms with Crippen molar-refractivity contribution in [3.8, 4) is 0 Å². The average Bonchev–Trinajstić information content (AvgIpc) is 2.75. The second-order valence-corrected chi connectivity index (χ2v) is 3.21. The number of aromatic nitrogens is 2. The van der Waals surface area contributed by atoms with Gasteiger partial charge in [0.05, 0.1) is 6.54 Å². The Morgan fingerprint density at radius 2 is 2.40 bits per heavy atom. The summed E-state index contributed by atoms with van der Waals surface area (Å²) in [5.41, 5.74) is 5.32. The number of oxime groups is 1. The molecular weight excluding hydrogens is 194 g/mol. The van der Waals surface area contributed by atoms with Gasteiger partial charge >= 0.3 is 0 Å². The van der Waals surface area contributed by atoms with E-state index >= 15 is 0 Å². The number of hydrogen-bond acceptors (Lipinski definition) is 4. The topological polar surface area (TPSA) is 88.5 Å². The van der Waals surface area contributed by atoms with Crippen molar-refractivity contribution in [1.82, 2.24) is 15.1 Å². The van der Waals surface area contributed by atoms with Crippen LogP contribution in [0.5, 0.6) is 0 Å². The summed E-state index contributed by atoms with van der Waals surface area (Å²) < 4.78 is 1.87. The Morgan fingerprint density at radius 1 is 1.53 bits per heavy atom. The molecule has 4 N–H and O–H groups in total. The molecule has 0 aliphatic rings. The normalized spacial score (nSPS) is 11.9. The van der Waals surface area contributed by atoms with Gasteiger partial charge < -0.3 is 16.3 Å². The fourth-order valence-corrected chi connectivity index (χ4v) is 1.20. The SMILES string of the molecule is NC(CCCNCCn1cccn1)=NO. The van der Waals surface area contributed by atoms with Crippen LogP contribution in [0.1, 0.15) is 12.8 Å². The summed E-state index contributed by atoms with van der Waals surface area (Å²) in [5.74, 6) is 0.281. The maximum atomic E-state index is 8.29. The Kier molecular flexibility index (Phi) is 5.24. The van der Waals surface area contributed by atoms with E-state index in [0.717, 1.165) is 26.1 Å². The number of hydrogen-bond donors (Lipinski definition) is 3. The molecule has 6 nitrogen and oxygen atoms in total. The minimum absolute atomic E-state index is 0.281. The molecule has 0 saturated heterocycles. The molecular formula is C9H17N5O. The van der Waals surface area contributed by atoms with E-state index in [4.69, 9.17) is 10.9 Å². The highest BCUT2D eigenvalue weighted by atomic mass is 16.4. The number of nitrogens with one attached hydrogen (secondary N) is 1. The third-order valence-corrected chi connectivity index (χ3v) is 1.99. The Hall–Kier alpha value is -1.56. The zero-order chi connectivity index (χ0) is 10.9. The Bertz CT molecular complexity index is 283. The van der Waals surface area contributed by atoms with Crippen LogP contribution in [0.3, 0.4) is 0 Å². The van der Waals surface area contributed by atoms with Crippen LogP contribution in [0, 0.1) is 0 Å². The molecule has 1 heterocycles. The first-order chi connectivity index (χ1) is 7.33. The summed E-state index contributed by atoms with van der Waals surface area (Å²) in [6.07, 6.45) is 5.18. The van der Waals surface area contributed by atoms with Crippen LogP contribution in [-0.4, -0.2) is 33.9 Å². The lowest BCUT2D eigenvalue weighted by Crippen LogP contribution is -2.22. The molecule has 0 unspecified atom stereocenters. The van der Waals surface area contributed by atoms with Crippen molar-refractivity contribution in [1.29, 1.82) is 0 Å². The van der Waals surface area contributed by atoms with Gasteiger partial charge in [0.15, 0.2) is 0 Å². The number of amidine groups is 1. The molecule has 0 aliphatic carbocycles. The monoisotopic (exact) mass is 211 g/mol. The zero-order valence-corrected chi connectivity index (χ0v) is 8.63. The van der Waals surface area contributed by atoms with Crippen LogP contribution in [0.25, 0.3) is 0 Å². The molecule has 0 aromatic carbocycles. The van der Waals surface area contributed by atoms with Gasteiger partial charge in [-0.2, -0.15) is 5.10 Å². The predicted molar refractivity (Wildman–Crippen MR) is 57.7 cm³/mol. The van der Waals surface area contributed by atoms with Crippen molar-refractivity contribution in [2.75, 3.05) is 13.1 Å². The smallest absolute Gasteiger partial charge is 0.139 e. The summed E-state index contributed by atoms with van der Waals surface area (Å²) in [6, 6.07) is 1.90. The molecule has 1 aromatic heterocycles. The minimum Gasteiger partial charge on any atom is -0.409 e. The van der Waals surface area contributed by atoms with Crippen molar-refractivity contribution in [3.05, 3.63) is 18.5 Å². The quantitative estimate of drug-likeness (QED) is 0.195. The lowest BCUT2D eigenvalue weighted by atomic mass is 10.3. The molecule has 0 fully saturated rings. The van der Waals surface area contributed by atoms with Gasteiger partial charge in [-0.05, 0) is 19.0 Å². The van der Waals surface area contributed by atoms with Crippen molar-refractivity contribution in [2.45, 2.75) is 19.4 Å². The summed E-state index contributed by atoms with van der Waals surface area (Å²) in [5, 5.41) is 18.5. The van der Waals surface area contributed by atoms with E-state index in [2.05, 4.69) is 15.6 Å². The summed E-state index contributed by atoms with van der Waals surface area (Å²) in [7, 11) is 0. The summed E-state index contributed by atoms with van der Waals surface area (Å²) >= 11 is 0. The first-order valence-electron chi connectivity index (χ1n) is 4.97. The zero-order valence-electron chi connectivity index (χ0n) is 8.63. The highest BCUT2D eigenvalue weighted by Crippen LogP contribution is 1.87.